The van der Waals surface area contributed by atoms with Crippen LogP contribution < -0.4 is 10.6 Å². The molecule has 2 aromatic rings. The fourth-order valence-corrected chi connectivity index (χ4v) is 2.40. The highest BCUT2D eigenvalue weighted by Gasteiger charge is 2.07. The molecular weight excluding hydrogens is 324 g/mol. The van der Waals surface area contributed by atoms with Crippen molar-refractivity contribution >= 4 is 17.6 Å². The van der Waals surface area contributed by atoms with Gasteiger partial charge in [0.2, 0.25) is 0 Å². The molecule has 0 atom stereocenters. The summed E-state index contributed by atoms with van der Waals surface area (Å²) in [6, 6.07) is 9.86. The van der Waals surface area contributed by atoms with Crippen LogP contribution in [0, 0.1) is 0 Å². The number of nitrogens with one attached hydrogen (secondary N) is 2. The molecule has 2 N–H and O–H groups in total. The van der Waals surface area contributed by atoms with Gasteiger partial charge >= 0.3 is 0 Å². The summed E-state index contributed by atoms with van der Waals surface area (Å²) in [5.74, 6) is 1.89. The number of aromatic nitrogens is 1. The van der Waals surface area contributed by atoms with Crippen molar-refractivity contribution in [1.29, 1.82) is 0 Å². The Morgan fingerprint density at radius 1 is 1.29 bits per heavy atom. The predicted octanol–water partition coefficient (Wildman–Crippen LogP) is 3.75. The van der Waals surface area contributed by atoms with Crippen LogP contribution in [-0.4, -0.2) is 24.2 Å². The van der Waals surface area contributed by atoms with Crippen molar-refractivity contribution in [3.63, 3.8) is 0 Å². The van der Waals surface area contributed by atoms with Gasteiger partial charge in [0, 0.05) is 24.2 Å². The topological polar surface area (TPSA) is 62.5 Å². The molecule has 5 nitrogen and oxygen atoms in total. The minimum atomic E-state index is 0.357. The SMILES string of the molecule is CCNC(=NCc1cc(C(C)C)no1)NCCc1cccc(Cl)c1. The lowest BCUT2D eigenvalue weighted by atomic mass is 10.1. The van der Waals surface area contributed by atoms with Crippen molar-refractivity contribution in [3.05, 3.63) is 52.4 Å². The molecule has 0 aliphatic carbocycles. The van der Waals surface area contributed by atoms with Gasteiger partial charge in [0.25, 0.3) is 0 Å². The van der Waals surface area contributed by atoms with Gasteiger partial charge in [-0.1, -0.05) is 42.7 Å². The lowest BCUT2D eigenvalue weighted by Crippen LogP contribution is -2.38. The van der Waals surface area contributed by atoms with E-state index in [1.165, 1.54) is 5.56 Å². The number of guanidine groups is 1. The highest BCUT2D eigenvalue weighted by Crippen LogP contribution is 2.14. The standard InChI is InChI=1S/C18H25ClN4O/c1-4-20-18(21-9-8-14-6-5-7-15(19)10-14)22-12-16-11-17(13(2)3)23-24-16/h5-7,10-11,13H,4,8-9,12H2,1-3H3,(H2,20,21,22). The molecule has 0 aliphatic heterocycles. The van der Waals surface area contributed by atoms with Gasteiger partial charge in [0.15, 0.2) is 11.7 Å². The zero-order valence-electron chi connectivity index (χ0n) is 14.5. The molecule has 130 valence electrons. The van der Waals surface area contributed by atoms with E-state index in [1.807, 2.05) is 31.2 Å². The largest absolute Gasteiger partial charge is 0.359 e. The van der Waals surface area contributed by atoms with Crippen molar-refractivity contribution in [1.82, 2.24) is 15.8 Å². The van der Waals surface area contributed by atoms with Crippen LogP contribution in [0.1, 0.15) is 43.7 Å². The van der Waals surface area contributed by atoms with Crippen LogP contribution in [0.25, 0.3) is 0 Å². The minimum absolute atomic E-state index is 0.357. The fraction of sp³-hybridized carbons (Fsp3) is 0.444. The van der Waals surface area contributed by atoms with E-state index >= 15 is 0 Å². The summed E-state index contributed by atoms with van der Waals surface area (Å²) < 4.78 is 5.31. The molecule has 0 saturated heterocycles. The summed E-state index contributed by atoms with van der Waals surface area (Å²) in [4.78, 5) is 4.54. The van der Waals surface area contributed by atoms with Crippen LogP contribution in [-0.2, 0) is 13.0 Å². The Morgan fingerprint density at radius 3 is 2.79 bits per heavy atom. The molecule has 6 heteroatoms. The molecule has 0 bridgehead atoms. The highest BCUT2D eigenvalue weighted by atomic mass is 35.5. The third-order valence-electron chi connectivity index (χ3n) is 3.50. The summed E-state index contributed by atoms with van der Waals surface area (Å²) in [5, 5.41) is 11.4. The first kappa shape index (κ1) is 18.3. The van der Waals surface area contributed by atoms with Crippen LogP contribution in [0.4, 0.5) is 0 Å². The van der Waals surface area contributed by atoms with Gasteiger partial charge in [-0.3, -0.25) is 0 Å². The number of rotatable bonds is 7. The molecule has 0 unspecified atom stereocenters. The maximum Gasteiger partial charge on any atom is 0.191 e. The molecule has 0 amide bonds. The summed E-state index contributed by atoms with van der Waals surface area (Å²) in [6.45, 7) is 8.26. The zero-order valence-corrected chi connectivity index (χ0v) is 15.2. The van der Waals surface area contributed by atoms with Gasteiger partial charge < -0.3 is 15.2 Å². The Labute approximate surface area is 148 Å². The molecule has 24 heavy (non-hydrogen) atoms. The lowest BCUT2D eigenvalue weighted by molar-refractivity contribution is 0.376. The van der Waals surface area contributed by atoms with Gasteiger partial charge in [-0.25, -0.2) is 4.99 Å². The number of hydrogen-bond acceptors (Lipinski definition) is 3. The van der Waals surface area contributed by atoms with E-state index in [4.69, 9.17) is 16.1 Å². The molecule has 1 aromatic carbocycles. The Morgan fingerprint density at radius 2 is 2.12 bits per heavy atom. The molecule has 0 aliphatic rings. The summed E-state index contributed by atoms with van der Waals surface area (Å²) in [7, 11) is 0. The van der Waals surface area contributed by atoms with E-state index < -0.39 is 0 Å². The average Bonchev–Trinajstić information content (AvgIpc) is 3.02. The van der Waals surface area contributed by atoms with E-state index in [0.717, 1.165) is 41.9 Å². The van der Waals surface area contributed by atoms with Crippen molar-refractivity contribution in [3.8, 4) is 0 Å². The number of nitrogens with zero attached hydrogens (tertiary/aromatic N) is 2. The van der Waals surface area contributed by atoms with E-state index in [-0.39, 0.29) is 0 Å². The predicted molar refractivity (Wildman–Crippen MR) is 98.6 cm³/mol. The second-order valence-electron chi connectivity index (χ2n) is 5.87. The van der Waals surface area contributed by atoms with Crippen LogP contribution in [0.15, 0.2) is 39.8 Å². The third kappa shape index (κ3) is 5.89. The summed E-state index contributed by atoms with van der Waals surface area (Å²) in [6.07, 6.45) is 0.880. The molecular formula is C18H25ClN4O. The molecule has 0 radical (unpaired) electrons. The smallest absolute Gasteiger partial charge is 0.191 e. The van der Waals surface area contributed by atoms with E-state index in [9.17, 15) is 0 Å². The normalized spacial score (nSPS) is 11.8. The second-order valence-corrected chi connectivity index (χ2v) is 6.31. The molecule has 1 aromatic heterocycles. The summed E-state index contributed by atoms with van der Waals surface area (Å²) >= 11 is 6.00. The second kappa shape index (κ2) is 9.33. The van der Waals surface area contributed by atoms with Crippen LogP contribution in [0.5, 0.6) is 0 Å². The Kier molecular flexibility index (Phi) is 7.12. The van der Waals surface area contributed by atoms with E-state index in [1.54, 1.807) is 0 Å². The highest BCUT2D eigenvalue weighted by molar-refractivity contribution is 6.30. The molecule has 1 heterocycles. The monoisotopic (exact) mass is 348 g/mol. The van der Waals surface area contributed by atoms with Crippen LogP contribution in [0.3, 0.4) is 0 Å². The Bertz CT molecular complexity index is 667. The number of aliphatic imine (C=N–C) groups is 1. The van der Waals surface area contributed by atoms with Gasteiger partial charge in [-0.05, 0) is 37.0 Å². The van der Waals surface area contributed by atoms with Crippen molar-refractivity contribution in [2.45, 2.75) is 39.7 Å². The van der Waals surface area contributed by atoms with Crippen LogP contribution >= 0.6 is 11.6 Å². The quantitative estimate of drug-likeness (QED) is 0.591. The van der Waals surface area contributed by atoms with Crippen molar-refractivity contribution in [2.75, 3.05) is 13.1 Å². The van der Waals surface area contributed by atoms with E-state index in [0.29, 0.717) is 12.5 Å². The van der Waals surface area contributed by atoms with Gasteiger partial charge in [0.05, 0.1) is 5.69 Å². The first-order valence-corrected chi connectivity index (χ1v) is 8.68. The van der Waals surface area contributed by atoms with Crippen molar-refractivity contribution in [2.24, 2.45) is 4.99 Å². The van der Waals surface area contributed by atoms with Gasteiger partial charge in [-0.15, -0.1) is 0 Å². The number of halogens is 1. The summed E-state index contributed by atoms with van der Waals surface area (Å²) in [5.41, 5.74) is 2.15. The minimum Gasteiger partial charge on any atom is -0.359 e. The number of hydrogen-bond donors (Lipinski definition) is 2. The van der Waals surface area contributed by atoms with Crippen molar-refractivity contribution < 1.29 is 4.52 Å². The zero-order chi connectivity index (χ0) is 17.4. The first-order valence-electron chi connectivity index (χ1n) is 8.30. The average molecular weight is 349 g/mol. The Hall–Kier alpha value is -2.01. The van der Waals surface area contributed by atoms with Gasteiger partial charge in [-0.2, -0.15) is 0 Å². The maximum atomic E-state index is 6.00. The molecule has 0 spiro atoms. The molecule has 2 rings (SSSR count). The number of benzene rings is 1. The van der Waals surface area contributed by atoms with E-state index in [2.05, 4.69) is 40.7 Å². The molecule has 0 fully saturated rings. The fourth-order valence-electron chi connectivity index (χ4n) is 2.19. The lowest BCUT2D eigenvalue weighted by Gasteiger charge is -2.11. The first-order chi connectivity index (χ1) is 11.6. The Balaban J connectivity index is 1.87. The van der Waals surface area contributed by atoms with Crippen LogP contribution in [0.2, 0.25) is 5.02 Å². The molecule has 0 saturated carbocycles. The van der Waals surface area contributed by atoms with Gasteiger partial charge in [0.1, 0.15) is 6.54 Å². The third-order valence-corrected chi connectivity index (χ3v) is 3.74. The maximum absolute atomic E-state index is 6.00.